The Kier molecular flexibility index (Phi) is 5.90. The topological polar surface area (TPSA) is 48.0 Å². The summed E-state index contributed by atoms with van der Waals surface area (Å²) in [5, 5.41) is 0. The Bertz CT molecular complexity index is 734. The third-order valence-electron chi connectivity index (χ3n) is 5.23. The maximum absolute atomic E-state index is 13.0. The summed E-state index contributed by atoms with van der Waals surface area (Å²) in [6.07, 6.45) is -0.293. The van der Waals surface area contributed by atoms with Crippen LogP contribution in [-0.2, 0) is 14.0 Å². The van der Waals surface area contributed by atoms with Crippen LogP contribution in [0.5, 0.6) is 0 Å². The average molecular weight is 405 g/mol. The number of nitrogens with zero attached hydrogens (tertiary/aromatic N) is 1. The molecule has 0 spiro atoms. The van der Waals surface area contributed by atoms with Crippen molar-refractivity contribution in [1.29, 1.82) is 0 Å². The Balaban J connectivity index is 2.37. The molecule has 5 nitrogen and oxygen atoms in total. The lowest BCUT2D eigenvalue weighted by Crippen LogP contribution is -2.52. The lowest BCUT2D eigenvalue weighted by molar-refractivity contribution is 0.00578. The molecule has 1 saturated heterocycles. The maximum atomic E-state index is 13.0. The number of benzene rings is 1. The molecular weight excluding hydrogens is 369 g/mol. The van der Waals surface area contributed by atoms with E-state index >= 15 is 0 Å². The van der Waals surface area contributed by atoms with Gasteiger partial charge in [-0.15, -0.1) is 0 Å². The number of aryl methyl sites for hydroxylation is 1. The molecule has 28 heavy (non-hydrogen) atoms. The van der Waals surface area contributed by atoms with Crippen molar-refractivity contribution in [3.05, 3.63) is 23.8 Å². The molecule has 1 aliphatic rings. The Morgan fingerprint density at radius 2 is 1.57 bits per heavy atom. The van der Waals surface area contributed by atoms with Crippen LogP contribution in [0.2, 0.25) is 19.6 Å². The molecular formula is C21H36BNO4Si. The van der Waals surface area contributed by atoms with Gasteiger partial charge < -0.3 is 18.6 Å². The number of amides is 1. The van der Waals surface area contributed by atoms with Gasteiger partial charge in [0.2, 0.25) is 0 Å². The van der Waals surface area contributed by atoms with E-state index in [0.717, 1.165) is 16.7 Å². The van der Waals surface area contributed by atoms with Gasteiger partial charge in [-0.05, 0) is 72.5 Å². The monoisotopic (exact) mass is 405 g/mol. The summed E-state index contributed by atoms with van der Waals surface area (Å²) in [6, 6.07) is 6.02. The van der Waals surface area contributed by atoms with Gasteiger partial charge in [0, 0.05) is 5.69 Å². The zero-order valence-corrected chi connectivity index (χ0v) is 20.4. The van der Waals surface area contributed by atoms with Crippen molar-refractivity contribution in [3.63, 3.8) is 0 Å². The lowest BCUT2D eigenvalue weighted by atomic mass is 9.78. The molecule has 2 rings (SSSR count). The summed E-state index contributed by atoms with van der Waals surface area (Å²) in [7, 11) is -2.44. The van der Waals surface area contributed by atoms with Gasteiger partial charge in [-0.3, -0.25) is 0 Å². The molecule has 0 atom stereocenters. The van der Waals surface area contributed by atoms with Crippen molar-refractivity contribution < 1.29 is 18.8 Å². The predicted molar refractivity (Wildman–Crippen MR) is 119 cm³/mol. The van der Waals surface area contributed by atoms with Gasteiger partial charge >= 0.3 is 13.2 Å². The number of carbonyl (C=O) groups excluding carboxylic acids is 1. The third-order valence-corrected chi connectivity index (χ3v) is 7.00. The molecule has 0 N–H and O–H groups in total. The van der Waals surface area contributed by atoms with E-state index in [1.54, 1.807) is 0 Å². The molecule has 0 aliphatic carbocycles. The van der Waals surface area contributed by atoms with Gasteiger partial charge in [-0.1, -0.05) is 31.8 Å². The quantitative estimate of drug-likeness (QED) is 0.673. The summed E-state index contributed by atoms with van der Waals surface area (Å²) in [6.45, 7) is 22.3. The molecule has 0 bridgehead atoms. The Labute approximate surface area is 172 Å². The van der Waals surface area contributed by atoms with Gasteiger partial charge in [0.15, 0.2) is 8.24 Å². The van der Waals surface area contributed by atoms with E-state index in [9.17, 15) is 4.79 Å². The largest absolute Gasteiger partial charge is 0.494 e. The summed E-state index contributed by atoms with van der Waals surface area (Å²) in [5.41, 5.74) is 1.54. The molecule has 7 heteroatoms. The highest BCUT2D eigenvalue weighted by Gasteiger charge is 2.51. The van der Waals surface area contributed by atoms with E-state index in [1.165, 1.54) is 0 Å². The Hall–Kier alpha value is -1.31. The predicted octanol–water partition coefficient (Wildman–Crippen LogP) is 4.87. The van der Waals surface area contributed by atoms with Crippen molar-refractivity contribution in [2.75, 3.05) is 4.57 Å². The first-order valence-corrected chi connectivity index (χ1v) is 13.4. The molecule has 156 valence electrons. The van der Waals surface area contributed by atoms with E-state index in [2.05, 4.69) is 25.7 Å². The summed E-state index contributed by atoms with van der Waals surface area (Å²) < 4.78 is 19.9. The fourth-order valence-corrected chi connectivity index (χ4v) is 4.66. The van der Waals surface area contributed by atoms with Crippen LogP contribution < -0.4 is 10.0 Å². The molecule has 1 heterocycles. The summed E-state index contributed by atoms with van der Waals surface area (Å²) >= 11 is 0. The minimum absolute atomic E-state index is 0.293. The maximum Gasteiger partial charge on any atom is 0.494 e. The van der Waals surface area contributed by atoms with Crippen LogP contribution in [0.15, 0.2) is 18.2 Å². The second-order valence-electron chi connectivity index (χ2n) is 10.6. The first-order chi connectivity index (χ1) is 12.4. The van der Waals surface area contributed by atoms with E-state index in [-0.39, 0.29) is 17.3 Å². The van der Waals surface area contributed by atoms with Crippen LogP contribution in [0.3, 0.4) is 0 Å². The molecule has 1 fully saturated rings. The molecule has 1 aromatic carbocycles. The number of hydrogen-bond donors (Lipinski definition) is 0. The minimum atomic E-state index is -2.02. The van der Waals surface area contributed by atoms with Gasteiger partial charge in [0.25, 0.3) is 0 Å². The van der Waals surface area contributed by atoms with Crippen LogP contribution >= 0.6 is 0 Å². The number of rotatable bonds is 3. The first kappa shape index (κ1) is 23.0. The van der Waals surface area contributed by atoms with Crippen LogP contribution in [0.25, 0.3) is 0 Å². The second-order valence-corrected chi connectivity index (χ2v) is 15.4. The fourth-order valence-electron chi connectivity index (χ4n) is 3.10. The molecule has 0 saturated carbocycles. The summed E-state index contributed by atoms with van der Waals surface area (Å²) in [5.74, 6) is 0. The molecule has 1 aromatic rings. The summed E-state index contributed by atoms with van der Waals surface area (Å²) in [4.78, 5) is 13.0. The SMILES string of the molecule is Cc1cc(B2OC(C)(C)C(C)(C)O2)ccc1N(C(=O)OC(C)(C)C)[Si](C)(C)C. The molecule has 1 amide bonds. The zero-order valence-electron chi connectivity index (χ0n) is 19.4. The van der Waals surface area contributed by atoms with Crippen molar-refractivity contribution in [2.45, 2.75) is 91.8 Å². The third kappa shape index (κ3) is 4.81. The van der Waals surface area contributed by atoms with Crippen molar-refractivity contribution in [1.82, 2.24) is 0 Å². The molecule has 0 radical (unpaired) electrons. The highest BCUT2D eigenvalue weighted by Crippen LogP contribution is 2.37. The highest BCUT2D eigenvalue weighted by molar-refractivity contribution is 6.82. The lowest BCUT2D eigenvalue weighted by Gasteiger charge is -2.36. The van der Waals surface area contributed by atoms with Crippen molar-refractivity contribution in [3.8, 4) is 0 Å². The van der Waals surface area contributed by atoms with E-state index in [0.29, 0.717) is 0 Å². The van der Waals surface area contributed by atoms with E-state index < -0.39 is 21.0 Å². The second kappa shape index (κ2) is 7.18. The van der Waals surface area contributed by atoms with E-state index in [4.69, 9.17) is 14.0 Å². The van der Waals surface area contributed by atoms with Gasteiger partial charge in [-0.25, -0.2) is 4.79 Å². The first-order valence-electron chi connectivity index (χ1n) is 9.94. The van der Waals surface area contributed by atoms with Gasteiger partial charge in [-0.2, -0.15) is 0 Å². The number of anilines is 1. The van der Waals surface area contributed by atoms with E-state index in [1.807, 2.05) is 72.1 Å². The fraction of sp³-hybridized carbons (Fsp3) is 0.667. The average Bonchev–Trinajstić information content (AvgIpc) is 2.66. The standard InChI is InChI=1S/C21H36BNO4Si/c1-15-14-16(22-26-20(5,6)21(7,8)27-22)12-13-17(15)23(28(9,10)11)18(24)25-19(2,3)4/h12-14H,1-11H3. The van der Waals surface area contributed by atoms with Crippen molar-refractivity contribution >= 4 is 32.6 Å². The molecule has 0 unspecified atom stereocenters. The normalized spacial score (nSPS) is 18.9. The number of ether oxygens (including phenoxy) is 1. The van der Waals surface area contributed by atoms with Crippen LogP contribution in [0.4, 0.5) is 10.5 Å². The molecule has 0 aromatic heterocycles. The highest BCUT2D eigenvalue weighted by atomic mass is 28.3. The minimum Gasteiger partial charge on any atom is -0.444 e. The van der Waals surface area contributed by atoms with Crippen molar-refractivity contribution in [2.24, 2.45) is 0 Å². The van der Waals surface area contributed by atoms with Crippen LogP contribution in [0, 0.1) is 6.92 Å². The smallest absolute Gasteiger partial charge is 0.444 e. The van der Waals surface area contributed by atoms with Crippen LogP contribution in [0.1, 0.15) is 54.0 Å². The van der Waals surface area contributed by atoms with Crippen LogP contribution in [-0.4, -0.2) is 38.3 Å². The van der Waals surface area contributed by atoms with Gasteiger partial charge in [0.1, 0.15) is 5.60 Å². The number of carbonyl (C=O) groups is 1. The Morgan fingerprint density at radius 3 is 1.96 bits per heavy atom. The Morgan fingerprint density at radius 1 is 1.07 bits per heavy atom. The zero-order chi connectivity index (χ0) is 21.7. The number of hydrogen-bond acceptors (Lipinski definition) is 4. The molecule has 1 aliphatic heterocycles. The van der Waals surface area contributed by atoms with Gasteiger partial charge in [0.05, 0.1) is 11.2 Å².